The molecule has 0 amide bonds. The fourth-order valence-corrected chi connectivity index (χ4v) is 4.34. The van der Waals surface area contributed by atoms with E-state index in [0.29, 0.717) is 25.0 Å². The van der Waals surface area contributed by atoms with Gasteiger partial charge < -0.3 is 10.4 Å². The van der Waals surface area contributed by atoms with Crippen LogP contribution < -0.4 is 5.32 Å². The van der Waals surface area contributed by atoms with Crippen LogP contribution in [0.2, 0.25) is 0 Å². The number of hydrogen-bond acceptors (Lipinski definition) is 4. The number of aliphatic carboxylic acids is 1. The molecule has 1 saturated heterocycles. The second-order valence-electron chi connectivity index (χ2n) is 5.59. The third kappa shape index (κ3) is 5.30. The van der Waals surface area contributed by atoms with Crippen LogP contribution in [0.3, 0.4) is 0 Å². The van der Waals surface area contributed by atoms with E-state index in [1.807, 2.05) is 0 Å². The van der Waals surface area contributed by atoms with Gasteiger partial charge in [0.15, 0.2) is 4.90 Å². The molecule has 0 saturated carbocycles. The molecule has 1 heterocycles. The monoisotopic (exact) mass is 402 g/mol. The molecule has 0 aliphatic carbocycles. The van der Waals surface area contributed by atoms with Gasteiger partial charge in [0.1, 0.15) is 17.5 Å². The van der Waals surface area contributed by atoms with Crippen molar-refractivity contribution >= 4 is 28.4 Å². The summed E-state index contributed by atoms with van der Waals surface area (Å²) < 4.78 is 66.4. The van der Waals surface area contributed by atoms with Crippen LogP contribution in [0.15, 0.2) is 17.0 Å². The number of nitrogens with one attached hydrogen (secondary N) is 1. The molecule has 1 unspecified atom stereocenters. The zero-order valence-corrected chi connectivity index (χ0v) is 14.7. The van der Waals surface area contributed by atoms with Crippen LogP contribution >= 0.6 is 12.4 Å². The first-order valence-corrected chi connectivity index (χ1v) is 8.73. The van der Waals surface area contributed by atoms with E-state index in [0.717, 1.165) is 4.31 Å². The Morgan fingerprint density at radius 3 is 2.44 bits per heavy atom. The fourth-order valence-electron chi connectivity index (χ4n) is 2.70. The summed E-state index contributed by atoms with van der Waals surface area (Å²) in [4.78, 5) is 9.31. The van der Waals surface area contributed by atoms with E-state index in [9.17, 15) is 26.4 Å². The minimum Gasteiger partial charge on any atom is -0.480 e. The molecule has 1 atom stereocenters. The summed E-state index contributed by atoms with van der Waals surface area (Å²) in [6, 6.07) is 0.650. The van der Waals surface area contributed by atoms with Crippen LogP contribution in [0.25, 0.3) is 0 Å². The average molecular weight is 403 g/mol. The molecule has 1 aliphatic heterocycles. The highest BCUT2D eigenvalue weighted by atomic mass is 35.5. The fraction of sp³-hybridized carbons (Fsp3) is 0.500. The molecule has 1 aliphatic rings. The van der Waals surface area contributed by atoms with Crippen molar-refractivity contribution in [3.63, 3.8) is 0 Å². The Morgan fingerprint density at radius 2 is 1.88 bits per heavy atom. The Bertz CT molecular complexity index is 710. The maximum atomic E-state index is 13.8. The van der Waals surface area contributed by atoms with Crippen LogP contribution in [0, 0.1) is 23.4 Å². The molecular weight excluding hydrogens is 385 g/mol. The second kappa shape index (κ2) is 8.84. The molecule has 2 rings (SSSR count). The van der Waals surface area contributed by atoms with E-state index in [2.05, 4.69) is 5.32 Å². The Balaban J connectivity index is 0.00000312. The molecule has 0 radical (unpaired) electrons. The Hall–Kier alpha value is -1.36. The lowest BCUT2D eigenvalue weighted by molar-refractivity contribution is -0.136. The Labute approximate surface area is 149 Å². The molecule has 1 aromatic rings. The highest BCUT2D eigenvalue weighted by Gasteiger charge is 2.34. The van der Waals surface area contributed by atoms with E-state index < -0.39 is 38.3 Å². The number of carboxylic acids is 1. The van der Waals surface area contributed by atoms with E-state index in [1.165, 1.54) is 0 Å². The minimum absolute atomic E-state index is 0. The van der Waals surface area contributed by atoms with Crippen molar-refractivity contribution in [2.75, 3.05) is 26.2 Å². The topological polar surface area (TPSA) is 86.7 Å². The molecular formula is C14H18ClF3N2O4S. The molecule has 25 heavy (non-hydrogen) atoms. The van der Waals surface area contributed by atoms with Crippen molar-refractivity contribution in [3.8, 4) is 0 Å². The smallest absolute Gasteiger partial charge is 0.317 e. The van der Waals surface area contributed by atoms with Gasteiger partial charge in [0, 0.05) is 25.2 Å². The number of nitrogens with zero attached hydrogens (tertiary/aromatic N) is 1. The normalized spacial score (nSPS) is 18.6. The van der Waals surface area contributed by atoms with Gasteiger partial charge in [0.05, 0.1) is 6.54 Å². The van der Waals surface area contributed by atoms with Gasteiger partial charge in [-0.2, -0.15) is 4.31 Å². The Kier molecular flexibility index (Phi) is 7.66. The van der Waals surface area contributed by atoms with Crippen molar-refractivity contribution in [2.24, 2.45) is 5.92 Å². The molecule has 0 spiro atoms. The van der Waals surface area contributed by atoms with Crippen molar-refractivity contribution in [1.29, 1.82) is 0 Å². The van der Waals surface area contributed by atoms with Crippen molar-refractivity contribution in [1.82, 2.24) is 9.62 Å². The minimum atomic E-state index is -4.44. The molecule has 11 heteroatoms. The van der Waals surface area contributed by atoms with Gasteiger partial charge in [-0.1, -0.05) is 0 Å². The Morgan fingerprint density at radius 1 is 1.28 bits per heavy atom. The number of benzene rings is 1. The number of halogens is 4. The molecule has 0 aromatic heterocycles. The summed E-state index contributed by atoms with van der Waals surface area (Å²) in [5.41, 5.74) is 0. The average Bonchev–Trinajstić information content (AvgIpc) is 2.45. The molecule has 0 bridgehead atoms. The van der Waals surface area contributed by atoms with E-state index in [-0.39, 0.29) is 44.5 Å². The number of piperidine rings is 1. The van der Waals surface area contributed by atoms with Crippen molar-refractivity contribution in [3.05, 3.63) is 29.6 Å². The van der Waals surface area contributed by atoms with Crippen LogP contribution in [0.1, 0.15) is 12.8 Å². The standard InChI is InChI=1S/C14H17F3N2O4S.ClH/c15-10-4-11(16)14(12(17)5-10)24(22,23)19-3-1-2-9(8-19)6-18-7-13(20)21;/h4-5,9,18H,1-3,6-8H2,(H,20,21);1H. The number of hydrogen-bond donors (Lipinski definition) is 2. The van der Waals surface area contributed by atoms with Crippen molar-refractivity contribution in [2.45, 2.75) is 17.7 Å². The number of rotatable bonds is 6. The van der Waals surface area contributed by atoms with Gasteiger partial charge >= 0.3 is 5.97 Å². The first-order valence-electron chi connectivity index (χ1n) is 7.29. The second-order valence-corrected chi connectivity index (χ2v) is 7.47. The summed E-state index contributed by atoms with van der Waals surface area (Å²) in [6.45, 7) is 0.108. The highest BCUT2D eigenvalue weighted by molar-refractivity contribution is 7.89. The largest absolute Gasteiger partial charge is 0.480 e. The maximum Gasteiger partial charge on any atom is 0.317 e. The third-order valence-corrected chi connectivity index (χ3v) is 5.67. The predicted molar refractivity (Wildman–Crippen MR) is 85.6 cm³/mol. The highest BCUT2D eigenvalue weighted by Crippen LogP contribution is 2.27. The lowest BCUT2D eigenvalue weighted by Crippen LogP contribution is -2.43. The first kappa shape index (κ1) is 21.7. The number of carboxylic acid groups (broad SMARTS) is 1. The van der Waals surface area contributed by atoms with Gasteiger partial charge in [-0.3, -0.25) is 4.79 Å². The molecule has 1 aromatic carbocycles. The van der Waals surface area contributed by atoms with Crippen LogP contribution in [0.5, 0.6) is 0 Å². The molecule has 2 N–H and O–H groups in total. The van der Waals surface area contributed by atoms with Crippen LogP contribution in [-0.2, 0) is 14.8 Å². The van der Waals surface area contributed by atoms with E-state index >= 15 is 0 Å². The van der Waals surface area contributed by atoms with E-state index in [1.54, 1.807) is 0 Å². The SMILES string of the molecule is Cl.O=C(O)CNCC1CCCN(S(=O)(=O)c2c(F)cc(F)cc2F)C1. The lowest BCUT2D eigenvalue weighted by Gasteiger charge is -2.32. The zero-order valence-electron chi connectivity index (χ0n) is 13.0. The van der Waals surface area contributed by atoms with Gasteiger partial charge in [-0.15, -0.1) is 12.4 Å². The summed E-state index contributed by atoms with van der Waals surface area (Å²) in [6.07, 6.45) is 1.14. The summed E-state index contributed by atoms with van der Waals surface area (Å²) in [5, 5.41) is 11.3. The summed E-state index contributed by atoms with van der Waals surface area (Å²) >= 11 is 0. The van der Waals surface area contributed by atoms with Crippen LogP contribution in [0.4, 0.5) is 13.2 Å². The van der Waals surface area contributed by atoms with Gasteiger partial charge in [-0.05, 0) is 25.3 Å². The molecule has 142 valence electrons. The van der Waals surface area contributed by atoms with Crippen molar-refractivity contribution < 1.29 is 31.5 Å². The quantitative estimate of drug-likeness (QED) is 0.754. The molecule has 1 fully saturated rings. The third-order valence-electron chi connectivity index (χ3n) is 3.75. The number of carbonyl (C=O) groups is 1. The first-order chi connectivity index (χ1) is 11.2. The van der Waals surface area contributed by atoms with Crippen LogP contribution in [-0.4, -0.2) is 50.0 Å². The number of sulfonamides is 1. The molecule has 6 nitrogen and oxygen atoms in total. The van der Waals surface area contributed by atoms with Gasteiger partial charge in [0.2, 0.25) is 10.0 Å². The lowest BCUT2D eigenvalue weighted by atomic mass is 10.00. The predicted octanol–water partition coefficient (Wildman–Crippen LogP) is 1.60. The van der Waals surface area contributed by atoms with Gasteiger partial charge in [-0.25, -0.2) is 21.6 Å². The summed E-state index contributed by atoms with van der Waals surface area (Å²) in [5.74, 6) is -5.36. The zero-order chi connectivity index (χ0) is 17.9. The van der Waals surface area contributed by atoms with Gasteiger partial charge in [0.25, 0.3) is 0 Å². The maximum absolute atomic E-state index is 13.8. The summed E-state index contributed by atoms with van der Waals surface area (Å²) in [7, 11) is -4.44. The van der Waals surface area contributed by atoms with E-state index in [4.69, 9.17) is 5.11 Å².